The number of aryl methyl sites for hydroxylation is 1. The van der Waals surface area contributed by atoms with Crippen molar-refractivity contribution in [2.75, 3.05) is 13.1 Å². The SMILES string of the molecule is Cc1[nH]c2ccc(Cl)cc2c1C(=O)N1CC2CCC(N)C2C1.Cl. The number of nitrogens with one attached hydrogen (secondary N) is 1. The Morgan fingerprint density at radius 1 is 1.35 bits per heavy atom. The first-order valence-electron chi connectivity index (χ1n) is 7.87. The van der Waals surface area contributed by atoms with Crippen molar-refractivity contribution >= 4 is 40.8 Å². The van der Waals surface area contributed by atoms with E-state index in [4.69, 9.17) is 17.3 Å². The number of benzene rings is 1. The van der Waals surface area contributed by atoms with Gasteiger partial charge in [0.1, 0.15) is 0 Å². The first-order valence-corrected chi connectivity index (χ1v) is 8.25. The summed E-state index contributed by atoms with van der Waals surface area (Å²) in [5, 5.41) is 1.57. The third-order valence-corrected chi connectivity index (χ3v) is 5.60. The lowest BCUT2D eigenvalue weighted by Crippen LogP contribution is -2.33. The first kappa shape index (κ1) is 16.6. The van der Waals surface area contributed by atoms with Crippen molar-refractivity contribution < 1.29 is 4.79 Å². The van der Waals surface area contributed by atoms with Crippen molar-refractivity contribution in [3.05, 3.63) is 34.5 Å². The molecule has 3 unspecified atom stereocenters. The quantitative estimate of drug-likeness (QED) is 0.825. The van der Waals surface area contributed by atoms with Gasteiger partial charge < -0.3 is 15.6 Å². The Morgan fingerprint density at radius 2 is 2.13 bits per heavy atom. The lowest BCUT2D eigenvalue weighted by molar-refractivity contribution is 0.0781. The number of nitrogens with zero attached hydrogens (tertiary/aromatic N) is 1. The van der Waals surface area contributed by atoms with Crippen molar-refractivity contribution in [2.24, 2.45) is 17.6 Å². The van der Waals surface area contributed by atoms with Crippen LogP contribution in [0, 0.1) is 18.8 Å². The van der Waals surface area contributed by atoms with Gasteiger partial charge in [-0.3, -0.25) is 4.79 Å². The Hall–Kier alpha value is -1.23. The van der Waals surface area contributed by atoms with Crippen LogP contribution in [0.4, 0.5) is 0 Å². The molecule has 1 saturated heterocycles. The van der Waals surface area contributed by atoms with Gasteiger partial charge in [-0.15, -0.1) is 12.4 Å². The molecule has 1 amide bonds. The molecular formula is C17H21Cl2N3O. The Bertz CT molecular complexity index is 758. The molecule has 1 aliphatic heterocycles. The summed E-state index contributed by atoms with van der Waals surface area (Å²) >= 11 is 6.11. The van der Waals surface area contributed by atoms with Crippen molar-refractivity contribution in [3.8, 4) is 0 Å². The summed E-state index contributed by atoms with van der Waals surface area (Å²) in [7, 11) is 0. The number of fused-ring (bicyclic) bond motifs is 2. The number of aromatic nitrogens is 1. The van der Waals surface area contributed by atoms with E-state index in [1.165, 1.54) is 0 Å². The van der Waals surface area contributed by atoms with Crippen LogP contribution in [0.15, 0.2) is 18.2 Å². The summed E-state index contributed by atoms with van der Waals surface area (Å²) in [6, 6.07) is 5.89. The van der Waals surface area contributed by atoms with Gasteiger partial charge in [0.05, 0.1) is 5.56 Å². The number of hydrogen-bond acceptors (Lipinski definition) is 2. The molecule has 1 aromatic heterocycles. The molecule has 23 heavy (non-hydrogen) atoms. The minimum atomic E-state index is 0. The van der Waals surface area contributed by atoms with Gasteiger partial charge in [0.2, 0.25) is 0 Å². The standard InChI is InChI=1S/C17H20ClN3O.ClH/c1-9-16(12-6-11(18)3-5-15(12)20-9)17(22)21-7-10-2-4-14(19)13(10)8-21;/h3,5-6,10,13-14,20H,2,4,7-8,19H2,1H3;1H. The average Bonchev–Trinajstić information content (AvgIpc) is 3.12. The number of likely N-dealkylation sites (tertiary alicyclic amines) is 1. The van der Waals surface area contributed by atoms with Crippen LogP contribution in [0.1, 0.15) is 28.9 Å². The van der Waals surface area contributed by atoms with Crippen LogP contribution < -0.4 is 5.73 Å². The summed E-state index contributed by atoms with van der Waals surface area (Å²) < 4.78 is 0. The third kappa shape index (κ3) is 2.63. The van der Waals surface area contributed by atoms with E-state index in [9.17, 15) is 4.79 Å². The normalized spacial score (nSPS) is 26.4. The van der Waals surface area contributed by atoms with Crippen LogP contribution in [0.25, 0.3) is 10.9 Å². The lowest BCUT2D eigenvalue weighted by atomic mass is 9.98. The summed E-state index contributed by atoms with van der Waals surface area (Å²) in [6.45, 7) is 3.57. The number of rotatable bonds is 1. The maximum atomic E-state index is 13.0. The molecule has 1 aromatic carbocycles. The molecule has 3 atom stereocenters. The number of carbonyl (C=O) groups excluding carboxylic acids is 1. The highest BCUT2D eigenvalue weighted by Crippen LogP contribution is 2.38. The molecule has 124 valence electrons. The van der Waals surface area contributed by atoms with E-state index >= 15 is 0 Å². The minimum Gasteiger partial charge on any atom is -0.358 e. The monoisotopic (exact) mass is 353 g/mol. The second-order valence-corrected chi connectivity index (χ2v) is 7.13. The highest BCUT2D eigenvalue weighted by Gasteiger charge is 2.43. The number of carbonyl (C=O) groups is 1. The molecule has 1 aliphatic carbocycles. The van der Waals surface area contributed by atoms with Gasteiger partial charge in [-0.2, -0.15) is 0 Å². The molecule has 6 heteroatoms. The largest absolute Gasteiger partial charge is 0.358 e. The zero-order valence-corrected chi connectivity index (χ0v) is 14.6. The first-order chi connectivity index (χ1) is 10.5. The van der Waals surface area contributed by atoms with Gasteiger partial charge in [0.25, 0.3) is 5.91 Å². The van der Waals surface area contributed by atoms with E-state index in [0.717, 1.165) is 48.1 Å². The van der Waals surface area contributed by atoms with Gasteiger partial charge in [-0.1, -0.05) is 11.6 Å². The summed E-state index contributed by atoms with van der Waals surface area (Å²) in [6.07, 6.45) is 2.24. The minimum absolute atomic E-state index is 0. The summed E-state index contributed by atoms with van der Waals surface area (Å²) in [5.41, 5.74) is 8.80. The molecule has 2 aliphatic rings. The van der Waals surface area contributed by atoms with Crippen LogP contribution in [0.2, 0.25) is 5.02 Å². The van der Waals surface area contributed by atoms with Crippen LogP contribution in [-0.2, 0) is 0 Å². The Kier molecular flexibility index (Phi) is 4.34. The number of H-pyrrole nitrogens is 1. The van der Waals surface area contributed by atoms with Crippen LogP contribution in [0.3, 0.4) is 0 Å². The van der Waals surface area contributed by atoms with Crippen molar-refractivity contribution in [3.63, 3.8) is 0 Å². The Labute approximate surface area is 146 Å². The second-order valence-electron chi connectivity index (χ2n) is 6.69. The fourth-order valence-corrected chi connectivity index (χ4v) is 4.38. The predicted octanol–water partition coefficient (Wildman–Crippen LogP) is 3.36. The molecule has 2 fully saturated rings. The van der Waals surface area contributed by atoms with E-state index in [-0.39, 0.29) is 24.4 Å². The van der Waals surface area contributed by atoms with E-state index in [0.29, 0.717) is 16.9 Å². The summed E-state index contributed by atoms with van der Waals surface area (Å²) in [5.74, 6) is 1.15. The van der Waals surface area contributed by atoms with E-state index in [1.807, 2.05) is 30.0 Å². The van der Waals surface area contributed by atoms with E-state index in [2.05, 4.69) is 4.98 Å². The molecule has 0 radical (unpaired) electrons. The van der Waals surface area contributed by atoms with Crippen LogP contribution in [-0.4, -0.2) is 34.9 Å². The molecule has 3 N–H and O–H groups in total. The molecule has 1 saturated carbocycles. The zero-order valence-electron chi connectivity index (χ0n) is 13.0. The summed E-state index contributed by atoms with van der Waals surface area (Å²) in [4.78, 5) is 18.3. The Morgan fingerprint density at radius 3 is 2.87 bits per heavy atom. The van der Waals surface area contributed by atoms with Gasteiger partial charge in [-0.25, -0.2) is 0 Å². The highest BCUT2D eigenvalue weighted by atomic mass is 35.5. The molecule has 0 bridgehead atoms. The number of hydrogen-bond donors (Lipinski definition) is 2. The highest BCUT2D eigenvalue weighted by molar-refractivity contribution is 6.31. The number of halogens is 2. The van der Waals surface area contributed by atoms with Gasteiger partial charge in [-0.05, 0) is 49.8 Å². The van der Waals surface area contributed by atoms with E-state index in [1.54, 1.807) is 0 Å². The average molecular weight is 354 g/mol. The van der Waals surface area contributed by atoms with Crippen LogP contribution in [0.5, 0.6) is 0 Å². The third-order valence-electron chi connectivity index (χ3n) is 5.36. The molecular weight excluding hydrogens is 333 g/mol. The molecule has 4 rings (SSSR count). The van der Waals surface area contributed by atoms with E-state index < -0.39 is 0 Å². The number of nitrogens with two attached hydrogens (primary N) is 1. The maximum Gasteiger partial charge on any atom is 0.256 e. The molecule has 4 nitrogen and oxygen atoms in total. The lowest BCUT2D eigenvalue weighted by Gasteiger charge is -2.19. The topological polar surface area (TPSA) is 62.1 Å². The second kappa shape index (κ2) is 6.00. The zero-order chi connectivity index (χ0) is 15.4. The molecule has 2 heterocycles. The van der Waals surface area contributed by atoms with Crippen molar-refractivity contribution in [1.82, 2.24) is 9.88 Å². The smallest absolute Gasteiger partial charge is 0.256 e. The number of aromatic amines is 1. The fourth-order valence-electron chi connectivity index (χ4n) is 4.21. The number of amides is 1. The van der Waals surface area contributed by atoms with Gasteiger partial charge >= 0.3 is 0 Å². The van der Waals surface area contributed by atoms with Crippen molar-refractivity contribution in [1.29, 1.82) is 0 Å². The Balaban J connectivity index is 0.00000156. The fraction of sp³-hybridized carbons (Fsp3) is 0.471. The molecule has 2 aromatic rings. The predicted molar refractivity (Wildman–Crippen MR) is 95.4 cm³/mol. The van der Waals surface area contributed by atoms with Crippen LogP contribution >= 0.6 is 24.0 Å². The van der Waals surface area contributed by atoms with Crippen molar-refractivity contribution in [2.45, 2.75) is 25.8 Å². The maximum absolute atomic E-state index is 13.0. The van der Waals surface area contributed by atoms with Gasteiger partial charge in [0.15, 0.2) is 0 Å². The van der Waals surface area contributed by atoms with Gasteiger partial charge in [0, 0.05) is 40.8 Å². The molecule has 0 spiro atoms.